The monoisotopic (exact) mass is 515 g/mol. The average molecular weight is 516 g/mol. The minimum absolute atomic E-state index is 0.362. The van der Waals surface area contributed by atoms with E-state index in [1.807, 2.05) is 63.2 Å². The van der Waals surface area contributed by atoms with Crippen molar-refractivity contribution in [1.29, 1.82) is 0 Å². The van der Waals surface area contributed by atoms with Gasteiger partial charge in [-0.25, -0.2) is 4.79 Å². The van der Waals surface area contributed by atoms with E-state index in [0.29, 0.717) is 23.5 Å². The van der Waals surface area contributed by atoms with E-state index in [1.54, 1.807) is 12.1 Å². The van der Waals surface area contributed by atoms with Gasteiger partial charge in [-0.05, 0) is 92.6 Å². The number of nitrogens with two attached hydrogens (primary N) is 2. The number of carboxylic acids is 1. The largest absolute Gasteiger partial charge is 0.477 e. The molecule has 0 spiro atoms. The number of primary amides is 1. The van der Waals surface area contributed by atoms with Gasteiger partial charge in [0, 0.05) is 36.1 Å². The highest BCUT2D eigenvalue weighted by Crippen LogP contribution is 2.23. The van der Waals surface area contributed by atoms with Crippen LogP contribution in [0.2, 0.25) is 0 Å². The van der Waals surface area contributed by atoms with Crippen LogP contribution >= 0.6 is 0 Å². The fourth-order valence-corrected chi connectivity index (χ4v) is 4.69. The third kappa shape index (κ3) is 6.32. The Bertz CT molecular complexity index is 1460. The Morgan fingerprint density at radius 3 is 2.11 bits per heavy atom. The van der Waals surface area contributed by atoms with E-state index in [4.69, 9.17) is 11.5 Å². The molecule has 0 aliphatic carbocycles. The van der Waals surface area contributed by atoms with Crippen molar-refractivity contribution in [3.8, 4) is 0 Å². The minimum Gasteiger partial charge on any atom is -0.477 e. The zero-order valence-electron chi connectivity index (χ0n) is 23.0. The van der Waals surface area contributed by atoms with Crippen LogP contribution in [0.3, 0.4) is 0 Å². The summed E-state index contributed by atoms with van der Waals surface area (Å²) in [4.78, 5) is 22.5. The maximum absolute atomic E-state index is 11.4. The Morgan fingerprint density at radius 1 is 0.947 bits per heavy atom. The molecule has 2 aromatic heterocycles. The maximum atomic E-state index is 11.4. The topological polar surface area (TPSA) is 129 Å². The van der Waals surface area contributed by atoms with Crippen LogP contribution in [0.25, 0.3) is 0 Å². The molecule has 4 rings (SSSR count). The van der Waals surface area contributed by atoms with E-state index in [0.717, 1.165) is 46.5 Å². The molecule has 0 atom stereocenters. The molecule has 8 heteroatoms. The van der Waals surface area contributed by atoms with Crippen molar-refractivity contribution in [2.45, 2.75) is 61.1 Å². The number of aromatic nitrogens is 3. The van der Waals surface area contributed by atoms with Crippen LogP contribution in [-0.2, 0) is 19.5 Å². The highest BCUT2D eigenvalue weighted by Gasteiger charge is 2.16. The molecular weight excluding hydrogens is 478 g/mol. The van der Waals surface area contributed by atoms with E-state index in [-0.39, 0.29) is 0 Å². The first-order valence-corrected chi connectivity index (χ1v) is 12.6. The number of nitrogens with zero attached hydrogens (tertiary/aromatic N) is 3. The summed E-state index contributed by atoms with van der Waals surface area (Å²) in [6, 6.07) is 12.0. The van der Waals surface area contributed by atoms with E-state index in [1.165, 1.54) is 11.1 Å². The standard InChI is InChI=1S/C20H23N3O2.C10H14N2O/c1-4-23-18(15(3)9-19(23)20(24)25)10-16-5-7-17(8-6-16)13-22-12-14(2)11-21-22;1-5-4-8(11)6(2)7(3)9(5)10(12)13/h5-9,11-12H,4,10,13H2,1-3H3,(H,24,25);4H,11H2,1-3H3,(H2,12,13). The van der Waals surface area contributed by atoms with Gasteiger partial charge in [-0.2, -0.15) is 5.10 Å². The number of carbonyl (C=O) groups excluding carboxylic acids is 1. The van der Waals surface area contributed by atoms with Crippen LogP contribution in [0.15, 0.2) is 48.8 Å². The highest BCUT2D eigenvalue weighted by molar-refractivity contribution is 5.96. The van der Waals surface area contributed by atoms with Gasteiger partial charge in [0.15, 0.2) is 0 Å². The van der Waals surface area contributed by atoms with Crippen LogP contribution in [0, 0.1) is 34.6 Å². The van der Waals surface area contributed by atoms with Crippen LogP contribution in [0.1, 0.15) is 72.4 Å². The first-order chi connectivity index (χ1) is 17.9. The summed E-state index contributed by atoms with van der Waals surface area (Å²) in [5.41, 5.74) is 20.9. The maximum Gasteiger partial charge on any atom is 0.352 e. The Kier molecular flexibility index (Phi) is 8.78. The third-order valence-electron chi connectivity index (χ3n) is 6.85. The molecule has 0 bridgehead atoms. The molecule has 8 nitrogen and oxygen atoms in total. The first kappa shape index (κ1) is 28.2. The second-order valence-corrected chi connectivity index (χ2v) is 9.69. The lowest BCUT2D eigenvalue weighted by Gasteiger charge is -2.11. The Morgan fingerprint density at radius 2 is 1.58 bits per heavy atom. The summed E-state index contributed by atoms with van der Waals surface area (Å²) < 4.78 is 3.81. The number of hydrogen-bond acceptors (Lipinski definition) is 4. The molecule has 0 saturated carbocycles. The van der Waals surface area contributed by atoms with E-state index in [9.17, 15) is 14.7 Å². The molecule has 200 valence electrons. The number of rotatable bonds is 7. The van der Waals surface area contributed by atoms with Crippen molar-refractivity contribution in [3.63, 3.8) is 0 Å². The van der Waals surface area contributed by atoms with Crippen molar-refractivity contribution in [1.82, 2.24) is 14.3 Å². The number of carboxylic acid groups (broad SMARTS) is 1. The lowest BCUT2D eigenvalue weighted by atomic mass is 9.96. The summed E-state index contributed by atoms with van der Waals surface area (Å²) in [7, 11) is 0. The zero-order valence-corrected chi connectivity index (χ0v) is 23.0. The van der Waals surface area contributed by atoms with Gasteiger partial charge in [0.25, 0.3) is 0 Å². The van der Waals surface area contributed by atoms with Gasteiger partial charge >= 0.3 is 5.97 Å². The van der Waals surface area contributed by atoms with Gasteiger partial charge < -0.3 is 21.1 Å². The summed E-state index contributed by atoms with van der Waals surface area (Å²) in [5.74, 6) is -1.26. The van der Waals surface area contributed by atoms with Crippen molar-refractivity contribution in [2.24, 2.45) is 5.73 Å². The van der Waals surface area contributed by atoms with E-state index < -0.39 is 11.9 Å². The van der Waals surface area contributed by atoms with Gasteiger partial charge in [0.1, 0.15) is 5.69 Å². The Labute approximate surface area is 223 Å². The molecule has 38 heavy (non-hydrogen) atoms. The predicted molar refractivity (Wildman–Crippen MR) is 151 cm³/mol. The Hall–Kier alpha value is -4.33. The smallest absolute Gasteiger partial charge is 0.352 e. The summed E-state index contributed by atoms with van der Waals surface area (Å²) in [6.07, 6.45) is 4.61. The van der Waals surface area contributed by atoms with Gasteiger partial charge in [-0.15, -0.1) is 0 Å². The molecule has 2 aromatic carbocycles. The highest BCUT2D eigenvalue weighted by atomic mass is 16.4. The van der Waals surface area contributed by atoms with E-state index >= 15 is 0 Å². The third-order valence-corrected chi connectivity index (χ3v) is 6.85. The number of benzene rings is 2. The second-order valence-electron chi connectivity index (χ2n) is 9.69. The van der Waals surface area contributed by atoms with Crippen LogP contribution in [0.5, 0.6) is 0 Å². The molecule has 0 aliphatic rings. The van der Waals surface area contributed by atoms with Crippen LogP contribution in [0.4, 0.5) is 5.69 Å². The summed E-state index contributed by atoms with van der Waals surface area (Å²) in [5, 5.41) is 13.7. The first-order valence-electron chi connectivity index (χ1n) is 12.6. The molecule has 1 amide bonds. The molecule has 0 radical (unpaired) electrons. The fraction of sp³-hybridized carbons (Fsp3) is 0.300. The molecule has 0 fully saturated rings. The van der Waals surface area contributed by atoms with Crippen molar-refractivity contribution in [2.75, 3.05) is 5.73 Å². The number of amides is 1. The van der Waals surface area contributed by atoms with Crippen molar-refractivity contribution < 1.29 is 14.7 Å². The number of hydrogen-bond donors (Lipinski definition) is 3. The van der Waals surface area contributed by atoms with Crippen LogP contribution in [-0.4, -0.2) is 31.3 Å². The molecule has 4 aromatic rings. The minimum atomic E-state index is -0.874. The van der Waals surface area contributed by atoms with Gasteiger partial charge in [-0.3, -0.25) is 9.48 Å². The lowest BCUT2D eigenvalue weighted by molar-refractivity contribution is 0.0684. The normalized spacial score (nSPS) is 10.7. The number of carbonyl (C=O) groups is 2. The van der Waals surface area contributed by atoms with Crippen LogP contribution < -0.4 is 11.5 Å². The summed E-state index contributed by atoms with van der Waals surface area (Å²) in [6.45, 7) is 13.0. The van der Waals surface area contributed by atoms with Gasteiger partial charge in [0.05, 0.1) is 12.7 Å². The predicted octanol–water partition coefficient (Wildman–Crippen LogP) is 4.95. The average Bonchev–Trinajstić information content (AvgIpc) is 3.41. The molecule has 5 N–H and O–H groups in total. The Balaban J connectivity index is 0.000000260. The number of aryl methyl sites for hydroxylation is 3. The quantitative estimate of drug-likeness (QED) is 0.300. The second kappa shape index (κ2) is 11.8. The fourth-order valence-electron chi connectivity index (χ4n) is 4.69. The molecular formula is C30H37N5O3. The lowest BCUT2D eigenvalue weighted by Crippen LogP contribution is -2.15. The molecule has 0 unspecified atom stereocenters. The van der Waals surface area contributed by atoms with E-state index in [2.05, 4.69) is 29.4 Å². The SMILES string of the molecule is CCn1c(C(=O)O)cc(C)c1Cc1ccc(Cn2cc(C)cn2)cc1.Cc1cc(N)c(C)c(C)c1C(N)=O. The number of nitrogen functional groups attached to an aromatic ring is 1. The number of aromatic carboxylic acids is 1. The van der Waals surface area contributed by atoms with Gasteiger partial charge in [0.2, 0.25) is 5.91 Å². The molecule has 0 aliphatic heterocycles. The number of anilines is 1. The van der Waals surface area contributed by atoms with Crippen molar-refractivity contribution in [3.05, 3.63) is 105 Å². The molecule has 2 heterocycles. The molecule has 0 saturated heterocycles. The van der Waals surface area contributed by atoms with Crippen molar-refractivity contribution >= 4 is 17.6 Å². The zero-order chi connectivity index (χ0) is 28.1. The summed E-state index contributed by atoms with van der Waals surface area (Å²) >= 11 is 0. The van der Waals surface area contributed by atoms with Gasteiger partial charge in [-0.1, -0.05) is 24.3 Å².